The van der Waals surface area contributed by atoms with Crippen LogP contribution in [0, 0.1) is 6.92 Å². The molecule has 0 aliphatic heterocycles. The van der Waals surface area contributed by atoms with E-state index in [2.05, 4.69) is 24.4 Å². The second-order valence-corrected chi connectivity index (χ2v) is 6.60. The van der Waals surface area contributed by atoms with Gasteiger partial charge in [-0.2, -0.15) is 0 Å². The molecule has 3 aromatic rings. The molecule has 0 aliphatic rings. The molecule has 3 nitrogen and oxygen atoms in total. The van der Waals surface area contributed by atoms with E-state index in [0.29, 0.717) is 5.75 Å². The summed E-state index contributed by atoms with van der Waals surface area (Å²) in [6, 6.07) is 24.0. The molecule has 0 aliphatic carbocycles. The number of rotatable bonds is 6. The van der Waals surface area contributed by atoms with Gasteiger partial charge in [-0.05, 0) is 54.7 Å². The Morgan fingerprint density at radius 2 is 1.59 bits per heavy atom. The van der Waals surface area contributed by atoms with E-state index in [-0.39, 0.29) is 5.91 Å². The lowest BCUT2D eigenvalue weighted by Gasteiger charge is -2.18. The van der Waals surface area contributed by atoms with Gasteiger partial charge in [-0.3, -0.25) is 4.79 Å². The van der Waals surface area contributed by atoms with Gasteiger partial charge in [-0.25, -0.2) is 0 Å². The van der Waals surface area contributed by atoms with Gasteiger partial charge in [0.15, 0.2) is 6.10 Å². The van der Waals surface area contributed by atoms with Crippen LogP contribution in [0.25, 0.3) is 11.1 Å². The van der Waals surface area contributed by atoms with Gasteiger partial charge in [-0.15, -0.1) is 0 Å². The Kier molecular flexibility index (Phi) is 5.92. The van der Waals surface area contributed by atoms with Crippen molar-refractivity contribution in [3.63, 3.8) is 0 Å². The molecule has 0 heterocycles. The minimum atomic E-state index is -0.586. The number of carbonyl (C=O) groups excluding carboxylic acids is 1. The van der Waals surface area contributed by atoms with Crippen LogP contribution < -0.4 is 10.1 Å². The summed E-state index contributed by atoms with van der Waals surface area (Å²) in [7, 11) is 0. The quantitative estimate of drug-likeness (QED) is 0.619. The zero-order chi connectivity index (χ0) is 19.2. The Bertz CT molecular complexity index is 901. The first-order chi connectivity index (χ1) is 13.1. The third-order valence-electron chi connectivity index (χ3n) is 4.63. The van der Waals surface area contributed by atoms with Gasteiger partial charge in [0, 0.05) is 5.69 Å². The number of benzene rings is 3. The summed E-state index contributed by atoms with van der Waals surface area (Å²) in [5, 5.41) is 3.02. The zero-order valence-electron chi connectivity index (χ0n) is 16.0. The summed E-state index contributed by atoms with van der Waals surface area (Å²) in [5.74, 6) is 0.531. The Hall–Kier alpha value is -3.07. The third kappa shape index (κ3) is 4.56. The second kappa shape index (κ2) is 8.54. The Morgan fingerprint density at radius 3 is 2.26 bits per heavy atom. The SMILES string of the molecule is CCc1cccc(C)c1NC(=O)[C@@H](C)Oc1ccc(-c2ccccc2)cc1. The summed E-state index contributed by atoms with van der Waals surface area (Å²) in [6.07, 6.45) is 0.282. The smallest absolute Gasteiger partial charge is 0.265 e. The molecule has 0 aromatic heterocycles. The van der Waals surface area contributed by atoms with Crippen molar-refractivity contribution in [1.29, 1.82) is 0 Å². The molecule has 0 fully saturated rings. The molecule has 0 saturated heterocycles. The molecule has 27 heavy (non-hydrogen) atoms. The number of ether oxygens (including phenoxy) is 1. The van der Waals surface area contributed by atoms with Gasteiger partial charge in [0.25, 0.3) is 5.91 Å². The van der Waals surface area contributed by atoms with E-state index in [1.807, 2.05) is 67.6 Å². The van der Waals surface area contributed by atoms with E-state index >= 15 is 0 Å². The summed E-state index contributed by atoms with van der Waals surface area (Å²) in [6.45, 7) is 5.85. The number of hydrogen-bond acceptors (Lipinski definition) is 2. The van der Waals surface area contributed by atoms with E-state index in [4.69, 9.17) is 4.74 Å². The lowest BCUT2D eigenvalue weighted by atomic mass is 10.1. The average Bonchev–Trinajstić information content (AvgIpc) is 2.70. The number of para-hydroxylation sites is 1. The van der Waals surface area contributed by atoms with Crippen molar-refractivity contribution in [3.8, 4) is 16.9 Å². The number of aryl methyl sites for hydroxylation is 2. The van der Waals surface area contributed by atoms with Crippen molar-refractivity contribution < 1.29 is 9.53 Å². The fourth-order valence-electron chi connectivity index (χ4n) is 3.04. The van der Waals surface area contributed by atoms with E-state index < -0.39 is 6.10 Å². The lowest BCUT2D eigenvalue weighted by Crippen LogP contribution is -2.30. The summed E-state index contributed by atoms with van der Waals surface area (Å²) in [4.78, 5) is 12.6. The van der Waals surface area contributed by atoms with Crippen LogP contribution in [0.15, 0.2) is 72.8 Å². The first-order valence-electron chi connectivity index (χ1n) is 9.30. The molecule has 0 bridgehead atoms. The molecule has 3 rings (SSSR count). The van der Waals surface area contributed by atoms with Crippen molar-refractivity contribution in [2.75, 3.05) is 5.32 Å². The third-order valence-corrected chi connectivity index (χ3v) is 4.63. The maximum atomic E-state index is 12.6. The highest BCUT2D eigenvalue weighted by Crippen LogP contribution is 2.24. The van der Waals surface area contributed by atoms with E-state index in [9.17, 15) is 4.79 Å². The summed E-state index contributed by atoms with van der Waals surface area (Å²) >= 11 is 0. The van der Waals surface area contributed by atoms with Crippen molar-refractivity contribution in [3.05, 3.63) is 83.9 Å². The van der Waals surface area contributed by atoms with Gasteiger partial charge in [0.2, 0.25) is 0 Å². The highest BCUT2D eigenvalue weighted by molar-refractivity contribution is 5.95. The Balaban J connectivity index is 1.67. The molecule has 1 atom stereocenters. The minimum Gasteiger partial charge on any atom is -0.481 e. The topological polar surface area (TPSA) is 38.3 Å². The van der Waals surface area contributed by atoms with Crippen molar-refractivity contribution in [1.82, 2.24) is 0 Å². The monoisotopic (exact) mass is 359 g/mol. The first kappa shape index (κ1) is 18.7. The van der Waals surface area contributed by atoms with E-state index in [0.717, 1.165) is 34.4 Å². The molecule has 0 radical (unpaired) electrons. The predicted molar refractivity (Wildman–Crippen MR) is 111 cm³/mol. The van der Waals surface area contributed by atoms with Crippen LogP contribution in [-0.2, 0) is 11.2 Å². The summed E-state index contributed by atoms with van der Waals surface area (Å²) < 4.78 is 5.84. The van der Waals surface area contributed by atoms with Crippen LogP contribution in [0.3, 0.4) is 0 Å². The van der Waals surface area contributed by atoms with Gasteiger partial charge >= 0.3 is 0 Å². The normalized spacial score (nSPS) is 11.7. The largest absolute Gasteiger partial charge is 0.481 e. The lowest BCUT2D eigenvalue weighted by molar-refractivity contribution is -0.122. The predicted octanol–water partition coefficient (Wildman–Crippen LogP) is 5.63. The van der Waals surface area contributed by atoms with Gasteiger partial charge in [0.05, 0.1) is 0 Å². The molecular weight excluding hydrogens is 334 g/mol. The highest BCUT2D eigenvalue weighted by atomic mass is 16.5. The second-order valence-electron chi connectivity index (χ2n) is 6.60. The van der Waals surface area contributed by atoms with Crippen LogP contribution in [0.2, 0.25) is 0 Å². The Morgan fingerprint density at radius 1 is 0.926 bits per heavy atom. The van der Waals surface area contributed by atoms with Gasteiger partial charge < -0.3 is 10.1 Å². The number of nitrogens with one attached hydrogen (secondary N) is 1. The molecular formula is C24H25NO2. The zero-order valence-corrected chi connectivity index (χ0v) is 16.0. The molecule has 138 valence electrons. The molecule has 0 saturated carbocycles. The molecule has 0 unspecified atom stereocenters. The maximum absolute atomic E-state index is 12.6. The van der Waals surface area contributed by atoms with Crippen LogP contribution in [0.4, 0.5) is 5.69 Å². The minimum absolute atomic E-state index is 0.147. The van der Waals surface area contributed by atoms with Crippen LogP contribution in [-0.4, -0.2) is 12.0 Å². The van der Waals surface area contributed by atoms with Crippen LogP contribution >= 0.6 is 0 Å². The number of hydrogen-bond donors (Lipinski definition) is 1. The molecule has 3 aromatic carbocycles. The standard InChI is InChI=1S/C24H25NO2/c1-4-19-12-8-9-17(2)23(19)25-24(26)18(3)27-22-15-13-21(14-16-22)20-10-6-5-7-11-20/h5-16,18H,4H2,1-3H3,(H,25,26)/t18-/m1/s1. The van der Waals surface area contributed by atoms with Crippen molar-refractivity contribution in [2.24, 2.45) is 0 Å². The number of anilines is 1. The van der Waals surface area contributed by atoms with Crippen LogP contribution in [0.5, 0.6) is 5.75 Å². The van der Waals surface area contributed by atoms with Crippen LogP contribution in [0.1, 0.15) is 25.0 Å². The Labute approximate surface area is 161 Å². The number of carbonyl (C=O) groups is 1. The molecule has 3 heteroatoms. The van der Waals surface area contributed by atoms with E-state index in [1.54, 1.807) is 6.92 Å². The first-order valence-corrected chi connectivity index (χ1v) is 9.30. The maximum Gasteiger partial charge on any atom is 0.265 e. The van der Waals surface area contributed by atoms with Crippen molar-refractivity contribution in [2.45, 2.75) is 33.3 Å². The molecule has 1 amide bonds. The molecule has 0 spiro atoms. The fraction of sp³-hybridized carbons (Fsp3) is 0.208. The fourth-order valence-corrected chi connectivity index (χ4v) is 3.04. The average molecular weight is 359 g/mol. The number of amides is 1. The molecule has 1 N–H and O–H groups in total. The van der Waals surface area contributed by atoms with Crippen molar-refractivity contribution >= 4 is 11.6 Å². The highest BCUT2D eigenvalue weighted by Gasteiger charge is 2.17. The van der Waals surface area contributed by atoms with Gasteiger partial charge in [0.1, 0.15) is 5.75 Å². The summed E-state index contributed by atoms with van der Waals surface area (Å²) in [5.41, 5.74) is 5.35. The van der Waals surface area contributed by atoms with Gasteiger partial charge in [-0.1, -0.05) is 67.6 Å². The van der Waals surface area contributed by atoms with E-state index in [1.165, 1.54) is 0 Å².